The molecule has 9 nitrogen and oxygen atoms in total. The van der Waals surface area contributed by atoms with E-state index in [1.54, 1.807) is 0 Å². The van der Waals surface area contributed by atoms with E-state index in [4.69, 9.17) is 21.7 Å². The molecule has 0 saturated carbocycles. The van der Waals surface area contributed by atoms with Gasteiger partial charge in [-0.1, -0.05) is 17.7 Å². The fourth-order valence-corrected chi connectivity index (χ4v) is 4.34. The van der Waals surface area contributed by atoms with Crippen molar-refractivity contribution in [1.29, 1.82) is 5.41 Å². The zero-order valence-corrected chi connectivity index (χ0v) is 22.0. The normalized spacial score (nSPS) is 13.5. The minimum Gasteiger partial charge on any atom is -0.465 e. The number of alkyl halides is 3. The van der Waals surface area contributed by atoms with Crippen molar-refractivity contribution in [3.05, 3.63) is 93.0 Å². The standard InChI is InChI=1S/C27H21ClF4N4O5/c1-40-26(39)14-6-7-16(19(29)10-14)22(33)23-20(11-15(12-34-23)25(38)36-8-3-9-41-13-36)35-24(37)21-17(27(30,31)32)4-2-5-18(21)28/h2,4-7,10-12,33H,3,8-9,13H2,1H3,(H,35,37). The Labute approximate surface area is 235 Å². The van der Waals surface area contributed by atoms with Crippen molar-refractivity contribution >= 4 is 40.8 Å². The molecule has 214 valence electrons. The first-order chi connectivity index (χ1) is 19.4. The first-order valence-electron chi connectivity index (χ1n) is 11.9. The predicted molar refractivity (Wildman–Crippen MR) is 139 cm³/mol. The Balaban J connectivity index is 1.79. The molecule has 1 aliphatic rings. The summed E-state index contributed by atoms with van der Waals surface area (Å²) in [7, 11) is 1.11. The number of aromatic nitrogens is 1. The lowest BCUT2D eigenvalue weighted by molar-refractivity contribution is -0.137. The Bertz CT molecular complexity index is 1540. The van der Waals surface area contributed by atoms with Gasteiger partial charge >= 0.3 is 12.1 Å². The molecule has 2 amide bonds. The third-order valence-electron chi connectivity index (χ3n) is 6.08. The summed E-state index contributed by atoms with van der Waals surface area (Å²) < 4.78 is 65.8. The first kappa shape index (κ1) is 29.6. The van der Waals surface area contributed by atoms with Crippen molar-refractivity contribution in [2.75, 3.05) is 32.3 Å². The van der Waals surface area contributed by atoms with E-state index in [1.807, 2.05) is 0 Å². The molecule has 2 N–H and O–H groups in total. The number of amides is 2. The molecule has 1 fully saturated rings. The van der Waals surface area contributed by atoms with Crippen LogP contribution in [0.25, 0.3) is 0 Å². The van der Waals surface area contributed by atoms with Gasteiger partial charge in [-0.2, -0.15) is 13.2 Å². The highest BCUT2D eigenvalue weighted by molar-refractivity contribution is 6.34. The van der Waals surface area contributed by atoms with E-state index >= 15 is 0 Å². The zero-order chi connectivity index (χ0) is 29.9. The number of pyridine rings is 1. The molecule has 0 aliphatic carbocycles. The van der Waals surface area contributed by atoms with Crippen molar-refractivity contribution in [2.45, 2.75) is 12.6 Å². The van der Waals surface area contributed by atoms with Crippen LogP contribution in [0.4, 0.5) is 23.2 Å². The van der Waals surface area contributed by atoms with E-state index < -0.39 is 51.6 Å². The van der Waals surface area contributed by atoms with Crippen LogP contribution in [0.2, 0.25) is 5.02 Å². The van der Waals surface area contributed by atoms with Crippen LogP contribution in [0.15, 0.2) is 48.7 Å². The van der Waals surface area contributed by atoms with Crippen molar-refractivity contribution in [3.8, 4) is 0 Å². The lowest BCUT2D eigenvalue weighted by Crippen LogP contribution is -2.38. The molecule has 3 aromatic rings. The molecule has 1 saturated heterocycles. The van der Waals surface area contributed by atoms with Gasteiger partial charge in [0.25, 0.3) is 11.8 Å². The summed E-state index contributed by atoms with van der Waals surface area (Å²) in [4.78, 5) is 43.4. The number of carbonyl (C=O) groups excluding carboxylic acids is 3. The number of hydrogen-bond acceptors (Lipinski definition) is 7. The summed E-state index contributed by atoms with van der Waals surface area (Å²) in [5.41, 5.74) is -4.07. The summed E-state index contributed by atoms with van der Waals surface area (Å²) >= 11 is 5.97. The maximum atomic E-state index is 14.9. The Morgan fingerprint density at radius 3 is 2.54 bits per heavy atom. The second kappa shape index (κ2) is 12.0. The van der Waals surface area contributed by atoms with Gasteiger partial charge in [0.15, 0.2) is 0 Å². The average molecular weight is 593 g/mol. The second-order valence-corrected chi connectivity index (χ2v) is 9.16. The molecule has 2 heterocycles. The summed E-state index contributed by atoms with van der Waals surface area (Å²) in [5.74, 6) is -3.68. The van der Waals surface area contributed by atoms with Gasteiger partial charge in [-0.15, -0.1) is 0 Å². The second-order valence-electron chi connectivity index (χ2n) is 8.76. The lowest BCUT2D eigenvalue weighted by atomic mass is 10.0. The number of rotatable bonds is 6. The van der Waals surface area contributed by atoms with Crippen LogP contribution < -0.4 is 5.32 Å². The van der Waals surface area contributed by atoms with Crippen molar-refractivity contribution in [2.24, 2.45) is 0 Å². The number of ether oxygens (including phenoxy) is 2. The fraction of sp³-hybridized carbons (Fsp3) is 0.222. The Kier molecular flexibility index (Phi) is 8.69. The topological polar surface area (TPSA) is 122 Å². The van der Waals surface area contributed by atoms with Crippen LogP contribution in [0.3, 0.4) is 0 Å². The van der Waals surface area contributed by atoms with Gasteiger partial charge in [0.05, 0.1) is 52.4 Å². The van der Waals surface area contributed by atoms with Crippen molar-refractivity contribution < 1.29 is 41.4 Å². The zero-order valence-electron chi connectivity index (χ0n) is 21.3. The highest BCUT2D eigenvalue weighted by Gasteiger charge is 2.36. The molecule has 1 aliphatic heterocycles. The van der Waals surface area contributed by atoms with Gasteiger partial charge in [0.2, 0.25) is 0 Å². The molecule has 2 aromatic carbocycles. The number of nitrogens with zero attached hydrogens (tertiary/aromatic N) is 2. The first-order valence-corrected chi connectivity index (χ1v) is 12.3. The third-order valence-corrected chi connectivity index (χ3v) is 6.39. The molecular weight excluding hydrogens is 572 g/mol. The lowest BCUT2D eigenvalue weighted by Gasteiger charge is -2.27. The number of carbonyl (C=O) groups is 3. The number of methoxy groups -OCH3 is 1. The summed E-state index contributed by atoms with van der Waals surface area (Å²) in [6.45, 7) is 0.813. The molecule has 41 heavy (non-hydrogen) atoms. The van der Waals surface area contributed by atoms with E-state index in [9.17, 15) is 31.9 Å². The number of nitrogens with one attached hydrogen (secondary N) is 2. The van der Waals surface area contributed by atoms with Gasteiger partial charge < -0.3 is 19.7 Å². The Hall–Kier alpha value is -4.36. The quantitative estimate of drug-likeness (QED) is 0.231. The molecule has 0 bridgehead atoms. The van der Waals surface area contributed by atoms with E-state index in [0.29, 0.717) is 25.6 Å². The Morgan fingerprint density at radius 1 is 1.15 bits per heavy atom. The van der Waals surface area contributed by atoms with E-state index in [2.05, 4.69) is 15.0 Å². The number of hydrogen-bond donors (Lipinski definition) is 2. The van der Waals surface area contributed by atoms with Gasteiger partial charge in [-0.25, -0.2) is 9.18 Å². The largest absolute Gasteiger partial charge is 0.465 e. The van der Waals surface area contributed by atoms with Crippen molar-refractivity contribution in [3.63, 3.8) is 0 Å². The molecule has 0 atom stereocenters. The van der Waals surface area contributed by atoms with Crippen LogP contribution in [-0.4, -0.2) is 60.4 Å². The van der Waals surface area contributed by atoms with E-state index in [1.165, 1.54) is 11.0 Å². The maximum Gasteiger partial charge on any atom is 0.417 e. The number of benzene rings is 2. The number of anilines is 1. The maximum absolute atomic E-state index is 14.9. The van der Waals surface area contributed by atoms with E-state index in [0.717, 1.165) is 43.6 Å². The highest BCUT2D eigenvalue weighted by atomic mass is 35.5. The minimum atomic E-state index is -4.93. The fourth-order valence-electron chi connectivity index (χ4n) is 4.08. The van der Waals surface area contributed by atoms with Gasteiger partial charge in [0, 0.05) is 18.3 Å². The smallest absolute Gasteiger partial charge is 0.417 e. The SMILES string of the molecule is COC(=O)c1ccc(C(=N)c2ncc(C(=O)N3CCCOC3)cc2NC(=O)c2c(Cl)cccc2C(F)(F)F)c(F)c1. The van der Waals surface area contributed by atoms with Crippen LogP contribution in [-0.2, 0) is 15.7 Å². The molecule has 0 radical (unpaired) electrons. The van der Waals surface area contributed by atoms with Crippen LogP contribution in [0.5, 0.6) is 0 Å². The number of halogens is 5. The third kappa shape index (κ3) is 6.36. The van der Waals surface area contributed by atoms with Crippen LogP contribution in [0, 0.1) is 11.2 Å². The van der Waals surface area contributed by atoms with Gasteiger partial charge in [-0.05, 0) is 42.8 Å². The molecule has 14 heteroatoms. The molecule has 0 spiro atoms. The number of esters is 1. The summed E-state index contributed by atoms with van der Waals surface area (Å²) in [6.07, 6.45) is -3.27. The molecule has 0 unspecified atom stereocenters. The summed E-state index contributed by atoms with van der Waals surface area (Å²) in [6, 6.07) is 7.07. The van der Waals surface area contributed by atoms with Gasteiger partial charge in [0.1, 0.15) is 18.2 Å². The molecule has 1 aromatic heterocycles. The molecule has 4 rings (SSSR count). The van der Waals surface area contributed by atoms with Crippen LogP contribution in [0.1, 0.15) is 54.3 Å². The molecular formula is C27H21ClF4N4O5. The van der Waals surface area contributed by atoms with Gasteiger partial charge in [-0.3, -0.25) is 20.0 Å². The highest BCUT2D eigenvalue weighted by Crippen LogP contribution is 2.35. The Morgan fingerprint density at radius 2 is 1.90 bits per heavy atom. The monoisotopic (exact) mass is 592 g/mol. The van der Waals surface area contributed by atoms with E-state index in [-0.39, 0.29) is 34.8 Å². The predicted octanol–water partition coefficient (Wildman–Crippen LogP) is 5.17. The van der Waals surface area contributed by atoms with Crippen molar-refractivity contribution in [1.82, 2.24) is 9.88 Å². The summed E-state index contributed by atoms with van der Waals surface area (Å²) in [5, 5.41) is 10.4. The minimum absolute atomic E-state index is 0.00951. The average Bonchev–Trinajstić information content (AvgIpc) is 2.95. The van der Waals surface area contributed by atoms with Crippen LogP contribution >= 0.6 is 11.6 Å².